The van der Waals surface area contributed by atoms with Crippen molar-refractivity contribution in [2.24, 2.45) is 7.05 Å². The third kappa shape index (κ3) is 3.58. The van der Waals surface area contributed by atoms with E-state index in [1.807, 2.05) is 27.8 Å². The van der Waals surface area contributed by atoms with Gasteiger partial charge >= 0.3 is 0 Å². The second-order valence-electron chi connectivity index (χ2n) is 8.16. The van der Waals surface area contributed by atoms with E-state index in [1.165, 1.54) is 12.1 Å². The van der Waals surface area contributed by atoms with Crippen LogP contribution in [0.15, 0.2) is 30.5 Å². The van der Waals surface area contributed by atoms with Crippen LogP contribution in [0.25, 0.3) is 22.2 Å². The van der Waals surface area contributed by atoms with Crippen molar-refractivity contribution >= 4 is 16.9 Å². The molecule has 0 radical (unpaired) electrons. The standard InChI is InChI=1S/C23H28FN5O/c1-5-29(14(2)3)23(30)19-10-16(24)6-7-17(19)18-11-20(15-8-9-25-12-15)27-21-13-26-28(4)22(18)21/h6-7,10-11,13-15,25H,5,8-9,12H2,1-4H3. The topological polar surface area (TPSA) is 63.1 Å². The Morgan fingerprint density at radius 1 is 1.33 bits per heavy atom. The van der Waals surface area contributed by atoms with Gasteiger partial charge in [0.25, 0.3) is 5.91 Å². The average molecular weight is 410 g/mol. The second-order valence-corrected chi connectivity index (χ2v) is 8.16. The molecule has 0 aliphatic carbocycles. The van der Waals surface area contributed by atoms with Gasteiger partial charge in [0.2, 0.25) is 0 Å². The van der Waals surface area contributed by atoms with Crippen LogP contribution in [0.2, 0.25) is 0 Å². The van der Waals surface area contributed by atoms with Crippen molar-refractivity contribution in [3.63, 3.8) is 0 Å². The van der Waals surface area contributed by atoms with Crippen molar-refractivity contribution in [2.75, 3.05) is 19.6 Å². The normalized spacial score (nSPS) is 16.5. The summed E-state index contributed by atoms with van der Waals surface area (Å²) in [5.41, 5.74) is 4.56. The van der Waals surface area contributed by atoms with Crippen molar-refractivity contribution in [2.45, 2.75) is 39.2 Å². The van der Waals surface area contributed by atoms with E-state index >= 15 is 0 Å². The summed E-state index contributed by atoms with van der Waals surface area (Å²) in [5.74, 6) is -0.272. The van der Waals surface area contributed by atoms with E-state index < -0.39 is 5.82 Å². The smallest absolute Gasteiger partial charge is 0.254 e. The minimum atomic E-state index is -0.419. The maximum atomic E-state index is 14.2. The number of halogens is 1. The molecule has 1 amide bonds. The fourth-order valence-electron chi connectivity index (χ4n) is 4.36. The predicted octanol–water partition coefficient (Wildman–Crippen LogP) is 3.72. The predicted molar refractivity (Wildman–Crippen MR) is 116 cm³/mol. The quantitative estimate of drug-likeness (QED) is 0.698. The van der Waals surface area contributed by atoms with E-state index in [0.717, 1.165) is 41.8 Å². The fraction of sp³-hybridized carbons (Fsp3) is 0.435. The SMILES string of the molecule is CCN(C(=O)c1cc(F)ccc1-c1cc(C2CCNC2)nc2cnn(C)c12)C(C)C. The van der Waals surface area contributed by atoms with Gasteiger partial charge in [0, 0.05) is 43.4 Å². The van der Waals surface area contributed by atoms with Gasteiger partial charge < -0.3 is 10.2 Å². The van der Waals surface area contributed by atoms with Crippen molar-refractivity contribution in [1.82, 2.24) is 25.0 Å². The van der Waals surface area contributed by atoms with Crippen LogP contribution >= 0.6 is 0 Å². The maximum Gasteiger partial charge on any atom is 0.254 e. The highest BCUT2D eigenvalue weighted by Crippen LogP contribution is 2.35. The number of pyridine rings is 1. The third-order valence-electron chi connectivity index (χ3n) is 5.92. The lowest BCUT2D eigenvalue weighted by Crippen LogP contribution is -2.37. The van der Waals surface area contributed by atoms with E-state index in [2.05, 4.69) is 16.5 Å². The molecular formula is C23H28FN5O. The van der Waals surface area contributed by atoms with E-state index in [1.54, 1.807) is 21.8 Å². The Hall–Kier alpha value is -2.80. The summed E-state index contributed by atoms with van der Waals surface area (Å²) < 4.78 is 16.0. The van der Waals surface area contributed by atoms with Crippen LogP contribution in [-0.2, 0) is 7.05 Å². The molecule has 1 unspecified atom stereocenters. The number of aryl methyl sites for hydroxylation is 1. The first-order chi connectivity index (χ1) is 14.4. The van der Waals surface area contributed by atoms with Crippen LogP contribution in [0.4, 0.5) is 4.39 Å². The first-order valence-electron chi connectivity index (χ1n) is 10.5. The van der Waals surface area contributed by atoms with Gasteiger partial charge in [-0.1, -0.05) is 6.07 Å². The molecule has 1 aromatic carbocycles. The zero-order chi connectivity index (χ0) is 21.4. The molecule has 6 nitrogen and oxygen atoms in total. The summed E-state index contributed by atoms with van der Waals surface area (Å²) in [6.07, 6.45) is 2.77. The summed E-state index contributed by atoms with van der Waals surface area (Å²) in [5, 5.41) is 7.77. The van der Waals surface area contributed by atoms with E-state index in [0.29, 0.717) is 23.6 Å². The van der Waals surface area contributed by atoms with Crippen molar-refractivity contribution < 1.29 is 9.18 Å². The maximum absolute atomic E-state index is 14.2. The van der Waals surface area contributed by atoms with Crippen molar-refractivity contribution in [1.29, 1.82) is 0 Å². The molecule has 30 heavy (non-hydrogen) atoms. The van der Waals surface area contributed by atoms with Crippen LogP contribution in [-0.4, -0.2) is 51.2 Å². The number of rotatable bonds is 5. The Labute approximate surface area is 176 Å². The number of carbonyl (C=O) groups is 1. The Kier molecular flexibility index (Phi) is 5.56. The first kappa shape index (κ1) is 20.5. The number of nitrogens with zero attached hydrogens (tertiary/aromatic N) is 4. The summed E-state index contributed by atoms with van der Waals surface area (Å²) in [7, 11) is 1.86. The largest absolute Gasteiger partial charge is 0.336 e. The lowest BCUT2D eigenvalue weighted by Gasteiger charge is -2.26. The molecule has 0 bridgehead atoms. The molecule has 0 saturated carbocycles. The Morgan fingerprint density at radius 3 is 2.80 bits per heavy atom. The molecule has 1 saturated heterocycles. The Morgan fingerprint density at radius 2 is 2.13 bits per heavy atom. The lowest BCUT2D eigenvalue weighted by molar-refractivity contribution is 0.0717. The van der Waals surface area contributed by atoms with Crippen molar-refractivity contribution in [3.05, 3.63) is 47.5 Å². The number of hydrogen-bond donors (Lipinski definition) is 1. The van der Waals surface area contributed by atoms with Gasteiger partial charge in [-0.3, -0.25) is 9.48 Å². The minimum absolute atomic E-state index is 0.0212. The highest BCUT2D eigenvalue weighted by atomic mass is 19.1. The van der Waals surface area contributed by atoms with Gasteiger partial charge in [0.15, 0.2) is 0 Å². The zero-order valence-corrected chi connectivity index (χ0v) is 17.9. The van der Waals surface area contributed by atoms with E-state index in [4.69, 9.17) is 4.98 Å². The number of amides is 1. The Balaban J connectivity index is 1.94. The molecule has 158 valence electrons. The molecule has 1 aliphatic rings. The average Bonchev–Trinajstić information content (AvgIpc) is 3.38. The van der Waals surface area contributed by atoms with Gasteiger partial charge in [-0.25, -0.2) is 9.37 Å². The summed E-state index contributed by atoms with van der Waals surface area (Å²) in [4.78, 5) is 20.0. The number of hydrogen-bond acceptors (Lipinski definition) is 4. The molecule has 1 fully saturated rings. The van der Waals surface area contributed by atoms with Gasteiger partial charge in [0.1, 0.15) is 11.3 Å². The highest BCUT2D eigenvalue weighted by Gasteiger charge is 2.25. The van der Waals surface area contributed by atoms with E-state index in [-0.39, 0.29) is 11.9 Å². The number of carbonyl (C=O) groups excluding carboxylic acids is 1. The lowest BCUT2D eigenvalue weighted by atomic mass is 9.94. The number of fused-ring (bicyclic) bond motifs is 1. The molecule has 1 atom stereocenters. The van der Waals surface area contributed by atoms with Gasteiger partial charge in [-0.15, -0.1) is 0 Å². The minimum Gasteiger partial charge on any atom is -0.336 e. The van der Waals surface area contributed by atoms with Gasteiger partial charge in [-0.2, -0.15) is 5.10 Å². The molecule has 0 spiro atoms. The molecule has 4 rings (SSSR count). The number of nitrogens with one attached hydrogen (secondary N) is 1. The van der Waals surface area contributed by atoms with Crippen LogP contribution in [0, 0.1) is 5.82 Å². The summed E-state index contributed by atoms with van der Waals surface area (Å²) >= 11 is 0. The van der Waals surface area contributed by atoms with Crippen molar-refractivity contribution in [3.8, 4) is 11.1 Å². The first-order valence-corrected chi connectivity index (χ1v) is 10.5. The van der Waals surface area contributed by atoms with Crippen LogP contribution in [0.1, 0.15) is 49.2 Å². The van der Waals surface area contributed by atoms with Crippen LogP contribution in [0.5, 0.6) is 0 Å². The second kappa shape index (κ2) is 8.14. The summed E-state index contributed by atoms with van der Waals surface area (Å²) in [6, 6.07) is 6.54. The van der Waals surface area contributed by atoms with Gasteiger partial charge in [0.05, 0.1) is 17.3 Å². The molecule has 2 aromatic heterocycles. The third-order valence-corrected chi connectivity index (χ3v) is 5.92. The van der Waals surface area contributed by atoms with E-state index in [9.17, 15) is 9.18 Å². The molecule has 7 heteroatoms. The monoisotopic (exact) mass is 409 g/mol. The zero-order valence-electron chi connectivity index (χ0n) is 17.9. The highest BCUT2D eigenvalue weighted by molar-refractivity contribution is 6.04. The van der Waals surface area contributed by atoms with Gasteiger partial charge in [-0.05, 0) is 57.5 Å². The molecular weight excluding hydrogens is 381 g/mol. The van der Waals surface area contributed by atoms with Crippen LogP contribution in [0.3, 0.4) is 0 Å². The fourth-order valence-corrected chi connectivity index (χ4v) is 4.36. The molecule has 3 aromatic rings. The molecule has 3 heterocycles. The van der Waals surface area contributed by atoms with Crippen LogP contribution < -0.4 is 5.32 Å². The Bertz CT molecular complexity index is 1080. The summed E-state index contributed by atoms with van der Waals surface area (Å²) in [6.45, 7) is 8.28. The molecule has 1 N–H and O–H groups in total. The number of benzene rings is 1. The number of aromatic nitrogens is 3. The molecule has 1 aliphatic heterocycles.